The molecule has 102 valence electrons. The van der Waals surface area contributed by atoms with E-state index in [1.165, 1.54) is 12.4 Å². The molecule has 2 rings (SSSR count). The van der Waals surface area contributed by atoms with E-state index in [1.807, 2.05) is 0 Å². The first-order valence-electron chi connectivity index (χ1n) is 5.81. The predicted molar refractivity (Wildman–Crippen MR) is 66.3 cm³/mol. The van der Waals surface area contributed by atoms with Crippen LogP contribution in [0.1, 0.15) is 6.42 Å². The second-order valence-corrected chi connectivity index (χ2v) is 4.54. The summed E-state index contributed by atoms with van der Waals surface area (Å²) in [4.78, 5) is 32.1. The molecule has 2 heterocycles. The van der Waals surface area contributed by atoms with E-state index in [9.17, 15) is 9.59 Å². The van der Waals surface area contributed by atoms with E-state index in [1.54, 1.807) is 11.0 Å². The van der Waals surface area contributed by atoms with Gasteiger partial charge in [0.1, 0.15) is 5.54 Å². The second-order valence-electron chi connectivity index (χ2n) is 4.54. The normalized spacial score (nSPS) is 23.2. The van der Waals surface area contributed by atoms with Gasteiger partial charge in [-0.05, 0) is 12.5 Å². The van der Waals surface area contributed by atoms with Crippen LogP contribution in [0.5, 0.6) is 0 Å². The van der Waals surface area contributed by atoms with Crippen LogP contribution in [0, 0.1) is 0 Å². The molecule has 0 bridgehead atoms. The van der Waals surface area contributed by atoms with Crippen molar-refractivity contribution in [2.24, 2.45) is 5.73 Å². The Morgan fingerprint density at radius 2 is 2.16 bits per heavy atom. The summed E-state index contributed by atoms with van der Waals surface area (Å²) in [6.45, 7) is 0.710. The van der Waals surface area contributed by atoms with Crippen molar-refractivity contribution in [1.29, 1.82) is 0 Å². The number of carboxylic acid groups (broad SMARTS) is 1. The number of nitrogens with two attached hydrogens (primary N) is 1. The lowest BCUT2D eigenvalue weighted by molar-refractivity contribution is -0.143. The van der Waals surface area contributed by atoms with Gasteiger partial charge >= 0.3 is 5.97 Å². The Balaban J connectivity index is 1.86. The van der Waals surface area contributed by atoms with Crippen molar-refractivity contribution >= 4 is 17.8 Å². The number of hydrogen-bond acceptors (Lipinski definition) is 6. The highest BCUT2D eigenvalue weighted by atomic mass is 16.4. The number of anilines is 1. The molecule has 0 aliphatic carbocycles. The summed E-state index contributed by atoms with van der Waals surface area (Å²) in [6.07, 6.45) is 3.37. The Hall–Kier alpha value is -2.06. The van der Waals surface area contributed by atoms with E-state index >= 15 is 0 Å². The van der Waals surface area contributed by atoms with Crippen molar-refractivity contribution in [2.75, 3.05) is 25.0 Å². The summed E-state index contributed by atoms with van der Waals surface area (Å²) in [5.41, 5.74) is 4.46. The van der Waals surface area contributed by atoms with Gasteiger partial charge in [-0.25, -0.2) is 9.97 Å². The van der Waals surface area contributed by atoms with Crippen molar-refractivity contribution < 1.29 is 14.7 Å². The molecule has 0 saturated carbocycles. The van der Waals surface area contributed by atoms with E-state index in [-0.39, 0.29) is 24.9 Å². The number of carboxylic acids is 1. The number of amides is 1. The van der Waals surface area contributed by atoms with Crippen molar-refractivity contribution in [3.8, 4) is 0 Å². The van der Waals surface area contributed by atoms with Gasteiger partial charge < -0.3 is 10.8 Å². The summed E-state index contributed by atoms with van der Waals surface area (Å²) in [5, 5.41) is 11.5. The van der Waals surface area contributed by atoms with Crippen LogP contribution in [0.4, 0.5) is 5.95 Å². The Morgan fingerprint density at radius 1 is 1.47 bits per heavy atom. The lowest BCUT2D eigenvalue weighted by atomic mass is 10.0. The zero-order valence-corrected chi connectivity index (χ0v) is 10.2. The first-order chi connectivity index (χ1) is 8.99. The summed E-state index contributed by atoms with van der Waals surface area (Å²) in [6, 6.07) is 1.64. The molecule has 1 saturated heterocycles. The van der Waals surface area contributed by atoms with E-state index in [4.69, 9.17) is 10.8 Å². The molecule has 8 nitrogen and oxygen atoms in total. The van der Waals surface area contributed by atoms with Crippen LogP contribution in [0.3, 0.4) is 0 Å². The minimum Gasteiger partial charge on any atom is -0.480 e. The maximum absolute atomic E-state index is 11.7. The van der Waals surface area contributed by atoms with Gasteiger partial charge in [0.25, 0.3) is 0 Å². The average Bonchev–Trinajstić information content (AvgIpc) is 2.73. The maximum atomic E-state index is 11.7. The summed E-state index contributed by atoms with van der Waals surface area (Å²) in [5.74, 6) is -1.11. The Kier molecular flexibility index (Phi) is 3.72. The van der Waals surface area contributed by atoms with Crippen LogP contribution < -0.4 is 11.1 Å². The molecule has 0 spiro atoms. The highest BCUT2D eigenvalue weighted by molar-refractivity contribution is 5.90. The number of hydrogen-bond donors (Lipinski definition) is 3. The van der Waals surface area contributed by atoms with Gasteiger partial charge in [0, 0.05) is 25.5 Å². The molecule has 1 amide bonds. The predicted octanol–water partition coefficient (Wildman–Crippen LogP) is -1.10. The molecule has 1 aromatic rings. The number of carbonyl (C=O) groups excluding carboxylic acids is 1. The highest BCUT2D eigenvalue weighted by Gasteiger charge is 2.41. The number of nitrogens with zero attached hydrogens (tertiary/aromatic N) is 3. The van der Waals surface area contributed by atoms with Gasteiger partial charge in [0.2, 0.25) is 11.9 Å². The van der Waals surface area contributed by atoms with Crippen LogP contribution in [-0.2, 0) is 9.59 Å². The fourth-order valence-electron chi connectivity index (χ4n) is 1.96. The fourth-order valence-corrected chi connectivity index (χ4v) is 1.96. The Morgan fingerprint density at radius 3 is 2.74 bits per heavy atom. The third-order valence-electron chi connectivity index (χ3n) is 2.99. The number of carbonyl (C=O) groups is 2. The van der Waals surface area contributed by atoms with E-state index in [0.29, 0.717) is 13.0 Å². The van der Waals surface area contributed by atoms with Gasteiger partial charge in [0.15, 0.2) is 0 Å². The SMILES string of the molecule is NC1(C(=O)O)CCN(CC(=O)Nc2ncccn2)C1. The number of aromatic nitrogens is 2. The molecule has 19 heavy (non-hydrogen) atoms. The molecule has 1 aromatic heterocycles. The Labute approximate surface area is 109 Å². The molecular weight excluding hydrogens is 250 g/mol. The van der Waals surface area contributed by atoms with Gasteiger partial charge in [0.05, 0.1) is 6.54 Å². The summed E-state index contributed by atoms with van der Waals surface area (Å²) in [7, 11) is 0. The summed E-state index contributed by atoms with van der Waals surface area (Å²) >= 11 is 0. The molecular formula is C11H15N5O3. The van der Waals surface area contributed by atoms with Crippen LogP contribution in [0.25, 0.3) is 0 Å². The average molecular weight is 265 g/mol. The lowest BCUT2D eigenvalue weighted by Crippen LogP contribution is -2.50. The minimum absolute atomic E-state index is 0.0739. The molecule has 1 aliphatic heterocycles. The van der Waals surface area contributed by atoms with Gasteiger partial charge in [-0.1, -0.05) is 0 Å². The molecule has 1 aliphatic rings. The fraction of sp³-hybridized carbons (Fsp3) is 0.455. The van der Waals surface area contributed by atoms with Crippen LogP contribution in [0.2, 0.25) is 0 Å². The molecule has 1 atom stereocenters. The van der Waals surface area contributed by atoms with E-state index in [2.05, 4.69) is 15.3 Å². The third-order valence-corrected chi connectivity index (χ3v) is 2.99. The number of likely N-dealkylation sites (tertiary alicyclic amines) is 1. The monoisotopic (exact) mass is 265 g/mol. The first-order valence-corrected chi connectivity index (χ1v) is 5.81. The van der Waals surface area contributed by atoms with Crippen LogP contribution >= 0.6 is 0 Å². The first kappa shape index (κ1) is 13.4. The van der Waals surface area contributed by atoms with E-state index in [0.717, 1.165) is 0 Å². The number of aliphatic carboxylic acids is 1. The molecule has 1 fully saturated rings. The maximum Gasteiger partial charge on any atom is 0.325 e. The van der Waals surface area contributed by atoms with Gasteiger partial charge in [-0.15, -0.1) is 0 Å². The van der Waals surface area contributed by atoms with Crippen molar-refractivity contribution in [2.45, 2.75) is 12.0 Å². The minimum atomic E-state index is -1.26. The molecule has 8 heteroatoms. The zero-order valence-electron chi connectivity index (χ0n) is 10.2. The second kappa shape index (κ2) is 5.29. The van der Waals surface area contributed by atoms with Crippen molar-refractivity contribution in [3.05, 3.63) is 18.5 Å². The number of rotatable bonds is 4. The highest BCUT2D eigenvalue weighted by Crippen LogP contribution is 2.18. The lowest BCUT2D eigenvalue weighted by Gasteiger charge is -2.19. The molecule has 0 radical (unpaired) electrons. The van der Waals surface area contributed by atoms with Gasteiger partial charge in [-0.2, -0.15) is 0 Å². The summed E-state index contributed by atoms with van der Waals surface area (Å²) < 4.78 is 0. The topological polar surface area (TPSA) is 121 Å². The third kappa shape index (κ3) is 3.24. The molecule has 0 aromatic carbocycles. The molecule has 1 unspecified atom stereocenters. The van der Waals surface area contributed by atoms with E-state index < -0.39 is 11.5 Å². The van der Waals surface area contributed by atoms with Gasteiger partial charge in [-0.3, -0.25) is 19.8 Å². The standard InChI is InChI=1S/C11H15N5O3/c12-11(9(18)19)2-5-16(7-11)6-8(17)15-10-13-3-1-4-14-10/h1,3-4H,2,5-7,12H2,(H,18,19)(H,13,14,15,17). The van der Waals surface area contributed by atoms with Crippen LogP contribution in [0.15, 0.2) is 18.5 Å². The smallest absolute Gasteiger partial charge is 0.325 e. The molecule has 4 N–H and O–H groups in total. The largest absolute Gasteiger partial charge is 0.480 e. The zero-order chi connectivity index (χ0) is 13.9. The Bertz CT molecular complexity index is 480. The van der Waals surface area contributed by atoms with Crippen molar-refractivity contribution in [1.82, 2.24) is 14.9 Å². The quantitative estimate of drug-likeness (QED) is 0.631. The number of nitrogens with one attached hydrogen (secondary N) is 1. The van der Waals surface area contributed by atoms with Crippen LogP contribution in [-0.4, -0.2) is 57.0 Å². The van der Waals surface area contributed by atoms with Crippen molar-refractivity contribution in [3.63, 3.8) is 0 Å².